The Labute approximate surface area is 123 Å². The van der Waals surface area contributed by atoms with Crippen LogP contribution in [-0.2, 0) is 4.79 Å². The second kappa shape index (κ2) is 7.46. The SMILES string of the molecule is COc1ccc(OC(C)CNC(=O)C(C)Cl)c(Cl)c1. The van der Waals surface area contributed by atoms with E-state index in [9.17, 15) is 4.79 Å². The number of benzene rings is 1. The lowest BCUT2D eigenvalue weighted by Gasteiger charge is -2.17. The molecular weight excluding hydrogens is 289 g/mol. The van der Waals surface area contributed by atoms with Crippen LogP contribution < -0.4 is 14.8 Å². The number of hydrogen-bond donors (Lipinski definition) is 1. The van der Waals surface area contributed by atoms with Crippen molar-refractivity contribution >= 4 is 29.1 Å². The van der Waals surface area contributed by atoms with E-state index in [1.54, 1.807) is 32.2 Å². The van der Waals surface area contributed by atoms with Crippen LogP contribution >= 0.6 is 23.2 Å². The molecule has 4 nitrogen and oxygen atoms in total. The van der Waals surface area contributed by atoms with E-state index in [4.69, 9.17) is 32.7 Å². The van der Waals surface area contributed by atoms with E-state index in [1.165, 1.54) is 0 Å². The summed E-state index contributed by atoms with van der Waals surface area (Å²) in [5, 5.41) is 2.58. The highest BCUT2D eigenvalue weighted by Gasteiger charge is 2.12. The van der Waals surface area contributed by atoms with E-state index < -0.39 is 5.38 Å². The molecule has 106 valence electrons. The normalized spacial score (nSPS) is 13.5. The van der Waals surface area contributed by atoms with Gasteiger partial charge in [0.1, 0.15) is 23.0 Å². The number of carbonyl (C=O) groups excluding carboxylic acids is 1. The molecule has 1 rings (SSSR count). The molecule has 0 saturated carbocycles. The first-order valence-electron chi connectivity index (χ1n) is 5.86. The molecule has 0 spiro atoms. The number of nitrogens with one attached hydrogen (secondary N) is 1. The number of hydrogen-bond acceptors (Lipinski definition) is 3. The van der Waals surface area contributed by atoms with Crippen molar-refractivity contribution in [2.45, 2.75) is 25.3 Å². The third-order valence-electron chi connectivity index (χ3n) is 2.39. The lowest BCUT2D eigenvalue weighted by molar-refractivity contribution is -0.120. The molecule has 0 aliphatic carbocycles. The molecule has 0 aliphatic heterocycles. The van der Waals surface area contributed by atoms with Crippen molar-refractivity contribution in [2.75, 3.05) is 13.7 Å². The fraction of sp³-hybridized carbons (Fsp3) is 0.462. The highest BCUT2D eigenvalue weighted by molar-refractivity contribution is 6.32. The second-order valence-corrected chi connectivity index (χ2v) is 5.15. The van der Waals surface area contributed by atoms with Gasteiger partial charge in [0.2, 0.25) is 5.91 Å². The number of alkyl halides is 1. The zero-order valence-electron chi connectivity index (χ0n) is 11.1. The number of rotatable bonds is 6. The standard InChI is InChI=1S/C13H17Cl2NO3/c1-8(7-16-13(17)9(2)14)19-12-5-4-10(18-3)6-11(12)15/h4-6,8-9H,7H2,1-3H3,(H,16,17). The van der Waals surface area contributed by atoms with Crippen molar-refractivity contribution in [1.29, 1.82) is 0 Å². The third-order valence-corrected chi connectivity index (χ3v) is 2.89. The van der Waals surface area contributed by atoms with Crippen LogP contribution in [0.5, 0.6) is 11.5 Å². The van der Waals surface area contributed by atoms with Gasteiger partial charge in [-0.2, -0.15) is 0 Å². The number of ether oxygens (including phenoxy) is 2. The van der Waals surface area contributed by atoms with Gasteiger partial charge in [0.25, 0.3) is 0 Å². The van der Waals surface area contributed by atoms with Gasteiger partial charge in [-0.15, -0.1) is 11.6 Å². The van der Waals surface area contributed by atoms with Crippen molar-refractivity contribution in [3.8, 4) is 11.5 Å². The number of halogens is 2. The summed E-state index contributed by atoms with van der Waals surface area (Å²) in [4.78, 5) is 11.3. The topological polar surface area (TPSA) is 47.6 Å². The Hall–Kier alpha value is -1.13. The molecule has 19 heavy (non-hydrogen) atoms. The fourth-order valence-electron chi connectivity index (χ4n) is 1.35. The summed E-state index contributed by atoms with van der Waals surface area (Å²) in [5.41, 5.74) is 0. The predicted octanol–water partition coefficient (Wildman–Crippen LogP) is 2.86. The molecule has 0 aliphatic rings. The second-order valence-electron chi connectivity index (χ2n) is 4.09. The first kappa shape index (κ1) is 15.9. The van der Waals surface area contributed by atoms with Crippen LogP contribution in [0.4, 0.5) is 0 Å². The summed E-state index contributed by atoms with van der Waals surface area (Å²) >= 11 is 11.7. The van der Waals surface area contributed by atoms with Crippen LogP contribution in [0.1, 0.15) is 13.8 Å². The Morgan fingerprint density at radius 3 is 2.63 bits per heavy atom. The Morgan fingerprint density at radius 2 is 2.11 bits per heavy atom. The highest BCUT2D eigenvalue weighted by atomic mass is 35.5. The minimum absolute atomic E-state index is 0.217. The van der Waals surface area contributed by atoms with E-state index >= 15 is 0 Å². The summed E-state index contributed by atoms with van der Waals surface area (Å²) < 4.78 is 10.7. The molecule has 1 aromatic carbocycles. The van der Waals surface area contributed by atoms with Gasteiger partial charge in [-0.25, -0.2) is 0 Å². The van der Waals surface area contributed by atoms with Gasteiger partial charge in [-0.1, -0.05) is 11.6 Å². The van der Waals surface area contributed by atoms with Crippen LogP contribution in [0.3, 0.4) is 0 Å². The Kier molecular flexibility index (Phi) is 6.25. The molecule has 0 aromatic heterocycles. The summed E-state index contributed by atoms with van der Waals surface area (Å²) in [6, 6.07) is 5.15. The minimum Gasteiger partial charge on any atom is -0.497 e. The Morgan fingerprint density at radius 1 is 1.42 bits per heavy atom. The van der Waals surface area contributed by atoms with Crippen molar-refractivity contribution in [1.82, 2.24) is 5.32 Å². The van der Waals surface area contributed by atoms with Gasteiger partial charge in [0, 0.05) is 6.07 Å². The summed E-state index contributed by atoms with van der Waals surface area (Å²) in [7, 11) is 1.57. The maximum Gasteiger partial charge on any atom is 0.237 e. The Balaban J connectivity index is 2.52. The molecule has 6 heteroatoms. The van der Waals surface area contributed by atoms with E-state index in [-0.39, 0.29) is 12.0 Å². The maximum atomic E-state index is 11.3. The fourth-order valence-corrected chi connectivity index (χ4v) is 1.64. The molecule has 0 heterocycles. The van der Waals surface area contributed by atoms with E-state index in [0.29, 0.717) is 23.1 Å². The van der Waals surface area contributed by atoms with Crippen molar-refractivity contribution < 1.29 is 14.3 Å². The van der Waals surface area contributed by atoms with Gasteiger partial charge in [0.15, 0.2) is 0 Å². The van der Waals surface area contributed by atoms with Crippen LogP contribution in [0.2, 0.25) is 5.02 Å². The van der Waals surface area contributed by atoms with E-state index in [2.05, 4.69) is 5.32 Å². The molecular formula is C13H17Cl2NO3. The quantitative estimate of drug-likeness (QED) is 0.822. The highest BCUT2D eigenvalue weighted by Crippen LogP contribution is 2.29. The molecule has 2 unspecified atom stereocenters. The average molecular weight is 306 g/mol. The third kappa shape index (κ3) is 5.17. The van der Waals surface area contributed by atoms with Gasteiger partial charge < -0.3 is 14.8 Å². The first-order chi connectivity index (χ1) is 8.93. The minimum atomic E-state index is -0.559. The lowest BCUT2D eigenvalue weighted by atomic mass is 10.3. The summed E-state index contributed by atoms with van der Waals surface area (Å²) in [5.74, 6) is 0.982. The average Bonchev–Trinajstić information content (AvgIpc) is 2.38. The molecule has 1 amide bonds. The summed E-state index contributed by atoms with van der Waals surface area (Å²) in [6.45, 7) is 3.81. The zero-order chi connectivity index (χ0) is 14.4. The lowest BCUT2D eigenvalue weighted by Crippen LogP contribution is -2.37. The van der Waals surface area contributed by atoms with E-state index in [0.717, 1.165) is 0 Å². The van der Waals surface area contributed by atoms with Gasteiger partial charge in [-0.05, 0) is 26.0 Å². The van der Waals surface area contributed by atoms with Crippen molar-refractivity contribution in [2.24, 2.45) is 0 Å². The molecule has 0 fully saturated rings. The summed E-state index contributed by atoms with van der Waals surface area (Å²) in [6.07, 6.45) is -0.217. The largest absolute Gasteiger partial charge is 0.497 e. The predicted molar refractivity (Wildman–Crippen MR) is 76.4 cm³/mol. The van der Waals surface area contributed by atoms with Gasteiger partial charge in [-0.3, -0.25) is 4.79 Å². The smallest absolute Gasteiger partial charge is 0.237 e. The van der Waals surface area contributed by atoms with Crippen LogP contribution in [0.15, 0.2) is 18.2 Å². The number of amides is 1. The first-order valence-corrected chi connectivity index (χ1v) is 6.67. The zero-order valence-corrected chi connectivity index (χ0v) is 12.6. The van der Waals surface area contributed by atoms with Crippen LogP contribution in [0.25, 0.3) is 0 Å². The number of carbonyl (C=O) groups is 1. The molecule has 0 saturated heterocycles. The van der Waals surface area contributed by atoms with Crippen molar-refractivity contribution in [3.63, 3.8) is 0 Å². The molecule has 1 N–H and O–H groups in total. The molecule has 2 atom stereocenters. The molecule has 1 aromatic rings. The van der Waals surface area contributed by atoms with Gasteiger partial charge >= 0.3 is 0 Å². The van der Waals surface area contributed by atoms with Gasteiger partial charge in [0.05, 0.1) is 18.7 Å². The molecule has 0 radical (unpaired) electrons. The van der Waals surface area contributed by atoms with Crippen LogP contribution in [0, 0.1) is 0 Å². The number of methoxy groups -OCH3 is 1. The maximum absolute atomic E-state index is 11.3. The van der Waals surface area contributed by atoms with Crippen molar-refractivity contribution in [3.05, 3.63) is 23.2 Å². The molecule has 0 bridgehead atoms. The monoisotopic (exact) mass is 305 g/mol. The van der Waals surface area contributed by atoms with Crippen LogP contribution in [-0.4, -0.2) is 31.0 Å². The Bertz CT molecular complexity index is 438. The van der Waals surface area contributed by atoms with E-state index in [1.807, 2.05) is 6.92 Å².